The van der Waals surface area contributed by atoms with Crippen LogP contribution in [-0.2, 0) is 0 Å². The number of nitrogens with one attached hydrogen (secondary N) is 1. The van der Waals surface area contributed by atoms with Crippen molar-refractivity contribution in [1.29, 1.82) is 0 Å². The molecule has 0 atom stereocenters. The summed E-state index contributed by atoms with van der Waals surface area (Å²) < 4.78 is 0. The number of hydrogen-bond acceptors (Lipinski definition) is 4. The molecule has 1 aliphatic carbocycles. The van der Waals surface area contributed by atoms with Crippen molar-refractivity contribution < 1.29 is 0 Å². The average molecular weight is 261 g/mol. The molecule has 1 aromatic rings. The minimum Gasteiger partial charge on any atom is -0.334 e. The SMILES string of the molecule is Cc1ncccc1NC1=NCC2(CCCC2)CS1. The van der Waals surface area contributed by atoms with Crippen LogP contribution in [-0.4, -0.2) is 22.4 Å². The fraction of sp³-hybridized carbons (Fsp3) is 0.571. The molecule has 1 aliphatic heterocycles. The number of aromatic nitrogens is 1. The molecule has 0 bridgehead atoms. The fourth-order valence-electron chi connectivity index (χ4n) is 2.79. The standard InChI is InChI=1S/C14H19N3S/c1-11-12(5-4-8-15-11)17-13-16-9-14(10-18-13)6-2-3-7-14/h4-5,8H,2-3,6-7,9-10H2,1H3,(H,16,17). The zero-order valence-electron chi connectivity index (χ0n) is 10.8. The second-order valence-corrected chi connectivity index (χ2v) is 6.34. The molecule has 1 aromatic heterocycles. The summed E-state index contributed by atoms with van der Waals surface area (Å²) in [5.41, 5.74) is 2.62. The van der Waals surface area contributed by atoms with Gasteiger partial charge in [0.05, 0.1) is 11.4 Å². The van der Waals surface area contributed by atoms with Crippen LogP contribution in [0.3, 0.4) is 0 Å². The maximum Gasteiger partial charge on any atom is 0.161 e. The van der Waals surface area contributed by atoms with Gasteiger partial charge in [0.15, 0.2) is 5.17 Å². The number of nitrogens with zero attached hydrogens (tertiary/aromatic N) is 2. The zero-order chi connectivity index (χ0) is 12.4. The lowest BCUT2D eigenvalue weighted by Crippen LogP contribution is -2.30. The van der Waals surface area contributed by atoms with E-state index >= 15 is 0 Å². The lowest BCUT2D eigenvalue weighted by Gasteiger charge is -2.31. The number of anilines is 1. The number of thioether (sulfide) groups is 1. The maximum absolute atomic E-state index is 4.74. The summed E-state index contributed by atoms with van der Waals surface area (Å²) in [6, 6.07) is 4.02. The van der Waals surface area contributed by atoms with Crippen LogP contribution in [0.4, 0.5) is 5.69 Å². The molecule has 0 unspecified atom stereocenters. The van der Waals surface area contributed by atoms with Crippen molar-refractivity contribution in [3.05, 3.63) is 24.0 Å². The Kier molecular flexibility index (Phi) is 3.29. The molecule has 2 aliphatic rings. The summed E-state index contributed by atoms with van der Waals surface area (Å²) in [5, 5.41) is 4.46. The van der Waals surface area contributed by atoms with Crippen LogP contribution < -0.4 is 5.32 Å². The molecule has 0 amide bonds. The Morgan fingerprint density at radius 2 is 2.17 bits per heavy atom. The zero-order valence-corrected chi connectivity index (χ0v) is 11.6. The summed E-state index contributed by atoms with van der Waals surface area (Å²) in [7, 11) is 0. The van der Waals surface area contributed by atoms with Crippen molar-refractivity contribution in [2.45, 2.75) is 32.6 Å². The number of amidine groups is 1. The van der Waals surface area contributed by atoms with E-state index in [1.165, 1.54) is 31.4 Å². The molecule has 2 heterocycles. The van der Waals surface area contributed by atoms with Crippen LogP contribution in [0.25, 0.3) is 0 Å². The van der Waals surface area contributed by atoms with Crippen molar-refractivity contribution in [2.75, 3.05) is 17.6 Å². The van der Waals surface area contributed by atoms with Gasteiger partial charge >= 0.3 is 0 Å². The highest BCUT2D eigenvalue weighted by Crippen LogP contribution is 2.43. The normalized spacial score (nSPS) is 21.9. The second kappa shape index (κ2) is 4.92. The van der Waals surface area contributed by atoms with Crippen LogP contribution in [0, 0.1) is 12.3 Å². The lowest BCUT2D eigenvalue weighted by atomic mass is 9.89. The fourth-order valence-corrected chi connectivity index (χ4v) is 3.95. The summed E-state index contributed by atoms with van der Waals surface area (Å²) in [6.45, 7) is 3.02. The van der Waals surface area contributed by atoms with Crippen molar-refractivity contribution in [1.82, 2.24) is 4.98 Å². The van der Waals surface area contributed by atoms with Crippen LogP contribution in [0.15, 0.2) is 23.3 Å². The van der Waals surface area contributed by atoms with Crippen LogP contribution in [0.1, 0.15) is 31.4 Å². The van der Waals surface area contributed by atoms with E-state index in [1.54, 1.807) is 0 Å². The van der Waals surface area contributed by atoms with E-state index in [4.69, 9.17) is 4.99 Å². The van der Waals surface area contributed by atoms with Gasteiger partial charge in [-0.3, -0.25) is 9.98 Å². The van der Waals surface area contributed by atoms with Gasteiger partial charge in [0.25, 0.3) is 0 Å². The molecule has 1 saturated carbocycles. The van der Waals surface area contributed by atoms with E-state index < -0.39 is 0 Å². The van der Waals surface area contributed by atoms with E-state index in [0.717, 1.165) is 23.1 Å². The van der Waals surface area contributed by atoms with E-state index in [1.807, 2.05) is 30.9 Å². The molecule has 0 radical (unpaired) electrons. The predicted molar refractivity (Wildman–Crippen MR) is 78.3 cm³/mol. The molecule has 18 heavy (non-hydrogen) atoms. The van der Waals surface area contributed by atoms with Gasteiger partial charge in [-0.1, -0.05) is 24.6 Å². The summed E-state index contributed by atoms with van der Waals surface area (Å²) >= 11 is 1.87. The molecule has 3 rings (SSSR count). The van der Waals surface area contributed by atoms with Gasteiger partial charge in [0.2, 0.25) is 0 Å². The van der Waals surface area contributed by atoms with Gasteiger partial charge in [0.1, 0.15) is 0 Å². The highest BCUT2D eigenvalue weighted by molar-refractivity contribution is 8.14. The quantitative estimate of drug-likeness (QED) is 0.841. The Hall–Kier alpha value is -1.03. The third-order valence-corrected chi connectivity index (χ3v) is 5.25. The summed E-state index contributed by atoms with van der Waals surface area (Å²) in [5.74, 6) is 1.22. The number of aliphatic imine (C=N–C) groups is 1. The van der Waals surface area contributed by atoms with Crippen molar-refractivity contribution in [2.24, 2.45) is 10.4 Å². The third-order valence-electron chi connectivity index (χ3n) is 3.99. The van der Waals surface area contributed by atoms with Gasteiger partial charge in [-0.2, -0.15) is 0 Å². The van der Waals surface area contributed by atoms with Gasteiger partial charge in [-0.15, -0.1) is 0 Å². The average Bonchev–Trinajstić information content (AvgIpc) is 2.84. The molecular weight excluding hydrogens is 242 g/mol. The highest BCUT2D eigenvalue weighted by Gasteiger charge is 2.36. The largest absolute Gasteiger partial charge is 0.334 e. The second-order valence-electron chi connectivity index (χ2n) is 5.38. The Morgan fingerprint density at radius 1 is 1.33 bits per heavy atom. The number of hydrogen-bond donors (Lipinski definition) is 1. The molecule has 0 saturated heterocycles. The first-order valence-electron chi connectivity index (χ1n) is 6.63. The van der Waals surface area contributed by atoms with Crippen LogP contribution in [0.2, 0.25) is 0 Å². The van der Waals surface area contributed by atoms with Gasteiger partial charge in [-0.25, -0.2) is 0 Å². The number of pyridine rings is 1. The first-order chi connectivity index (χ1) is 8.77. The molecule has 3 nitrogen and oxygen atoms in total. The Bertz CT molecular complexity index is 464. The lowest BCUT2D eigenvalue weighted by molar-refractivity contribution is 0.359. The Morgan fingerprint density at radius 3 is 2.83 bits per heavy atom. The van der Waals surface area contributed by atoms with Crippen LogP contribution in [0.5, 0.6) is 0 Å². The van der Waals surface area contributed by atoms with E-state index in [0.29, 0.717) is 5.41 Å². The predicted octanol–water partition coefficient (Wildman–Crippen LogP) is 3.47. The Labute approximate surface area is 112 Å². The summed E-state index contributed by atoms with van der Waals surface area (Å²) in [6.07, 6.45) is 7.33. The Balaban J connectivity index is 1.68. The third kappa shape index (κ3) is 2.39. The van der Waals surface area contributed by atoms with E-state index in [2.05, 4.69) is 16.4 Å². The van der Waals surface area contributed by atoms with Crippen molar-refractivity contribution in [3.63, 3.8) is 0 Å². The minimum absolute atomic E-state index is 0.514. The molecule has 0 aromatic carbocycles. The van der Waals surface area contributed by atoms with E-state index in [-0.39, 0.29) is 0 Å². The topological polar surface area (TPSA) is 37.3 Å². The molecule has 96 valence electrons. The van der Waals surface area contributed by atoms with Crippen molar-refractivity contribution in [3.8, 4) is 0 Å². The molecule has 1 fully saturated rings. The van der Waals surface area contributed by atoms with Crippen LogP contribution >= 0.6 is 11.8 Å². The number of aryl methyl sites for hydroxylation is 1. The summed E-state index contributed by atoms with van der Waals surface area (Å²) in [4.78, 5) is 9.03. The van der Waals surface area contributed by atoms with Gasteiger partial charge in [-0.05, 0) is 37.3 Å². The number of rotatable bonds is 1. The molecule has 4 heteroatoms. The minimum atomic E-state index is 0.514. The monoisotopic (exact) mass is 261 g/mol. The van der Waals surface area contributed by atoms with Crippen molar-refractivity contribution >= 4 is 22.6 Å². The van der Waals surface area contributed by atoms with Gasteiger partial charge in [0, 0.05) is 18.5 Å². The smallest absolute Gasteiger partial charge is 0.161 e. The van der Waals surface area contributed by atoms with E-state index in [9.17, 15) is 0 Å². The molecular formula is C14H19N3S. The molecule has 1 spiro atoms. The maximum atomic E-state index is 4.74. The highest BCUT2D eigenvalue weighted by atomic mass is 32.2. The van der Waals surface area contributed by atoms with Gasteiger partial charge < -0.3 is 5.32 Å². The molecule has 1 N–H and O–H groups in total. The first-order valence-corrected chi connectivity index (χ1v) is 7.62. The first kappa shape index (κ1) is 12.0.